The summed E-state index contributed by atoms with van der Waals surface area (Å²) in [6.45, 7) is 3.99. The molecule has 5 heteroatoms. The number of hydrogen-bond donors (Lipinski definition) is 1. The Morgan fingerprint density at radius 2 is 2.12 bits per heavy atom. The second-order valence-corrected chi connectivity index (χ2v) is 5.68. The van der Waals surface area contributed by atoms with Gasteiger partial charge in [-0.25, -0.2) is 9.97 Å². The van der Waals surface area contributed by atoms with E-state index in [2.05, 4.69) is 20.2 Å². The van der Waals surface area contributed by atoms with Crippen LogP contribution in [0.1, 0.15) is 16.3 Å². The lowest BCUT2D eigenvalue weighted by atomic mass is 10.1. The Bertz CT molecular complexity index is 573. The van der Waals surface area contributed by atoms with Crippen molar-refractivity contribution in [1.82, 2.24) is 15.3 Å². The molecular formula is C12H16N4S. The van der Waals surface area contributed by atoms with Crippen molar-refractivity contribution in [3.8, 4) is 0 Å². The lowest BCUT2D eigenvalue weighted by Crippen LogP contribution is -2.22. The molecule has 1 aliphatic rings. The Labute approximate surface area is 105 Å². The zero-order valence-electron chi connectivity index (χ0n) is 10.4. The fraction of sp³-hybridized carbons (Fsp3) is 0.500. The quantitative estimate of drug-likeness (QED) is 0.834. The topological polar surface area (TPSA) is 41.1 Å². The third-order valence-electron chi connectivity index (χ3n) is 3.09. The van der Waals surface area contributed by atoms with Crippen LogP contribution in [0.5, 0.6) is 0 Å². The summed E-state index contributed by atoms with van der Waals surface area (Å²) < 4.78 is 0. The number of thiophene rings is 1. The van der Waals surface area contributed by atoms with Crippen molar-refractivity contribution in [3.63, 3.8) is 0 Å². The molecule has 0 amide bonds. The van der Waals surface area contributed by atoms with Gasteiger partial charge in [-0.15, -0.1) is 11.3 Å². The van der Waals surface area contributed by atoms with Gasteiger partial charge in [0.05, 0.1) is 5.39 Å². The fourth-order valence-electron chi connectivity index (χ4n) is 2.33. The minimum atomic E-state index is 0.854. The molecule has 0 saturated carbocycles. The van der Waals surface area contributed by atoms with Crippen LogP contribution in [0.3, 0.4) is 0 Å². The summed E-state index contributed by atoms with van der Waals surface area (Å²) in [5.41, 5.74) is 1.45. The van der Waals surface area contributed by atoms with E-state index in [0.29, 0.717) is 0 Å². The van der Waals surface area contributed by atoms with Gasteiger partial charge in [-0.1, -0.05) is 0 Å². The van der Waals surface area contributed by atoms with Crippen LogP contribution < -0.4 is 10.2 Å². The third kappa shape index (κ3) is 1.70. The zero-order valence-corrected chi connectivity index (χ0v) is 11.2. The van der Waals surface area contributed by atoms with Crippen LogP contribution in [-0.2, 0) is 13.0 Å². The van der Waals surface area contributed by atoms with E-state index in [0.717, 1.165) is 36.0 Å². The Balaban J connectivity index is 2.34. The predicted octanol–water partition coefficient (Wildman–Crippen LogP) is 1.71. The van der Waals surface area contributed by atoms with Gasteiger partial charge >= 0.3 is 0 Å². The van der Waals surface area contributed by atoms with Crippen molar-refractivity contribution in [2.75, 3.05) is 25.5 Å². The molecule has 0 bridgehead atoms. The predicted molar refractivity (Wildman–Crippen MR) is 71.9 cm³/mol. The molecule has 2 aromatic rings. The standard InChI is InChI=1S/C12H16N4S/c1-7-14-11(16(2)3)10-8-4-5-13-6-9(8)17-12(10)15-7/h13H,4-6H2,1-3H3. The number of rotatable bonds is 1. The van der Waals surface area contributed by atoms with Gasteiger partial charge in [0.15, 0.2) is 0 Å². The van der Waals surface area contributed by atoms with E-state index in [9.17, 15) is 0 Å². The minimum Gasteiger partial charge on any atom is -0.362 e. The second kappa shape index (κ2) is 3.92. The molecule has 0 fully saturated rings. The van der Waals surface area contributed by atoms with Crippen molar-refractivity contribution in [2.45, 2.75) is 19.9 Å². The van der Waals surface area contributed by atoms with Crippen LogP contribution in [0.25, 0.3) is 10.2 Å². The maximum Gasteiger partial charge on any atom is 0.140 e. The Morgan fingerprint density at radius 3 is 2.88 bits per heavy atom. The van der Waals surface area contributed by atoms with E-state index in [1.807, 2.05) is 21.0 Å². The summed E-state index contributed by atoms with van der Waals surface area (Å²) in [4.78, 5) is 13.8. The average Bonchev–Trinajstić information content (AvgIpc) is 2.65. The molecule has 0 spiro atoms. The number of hydrogen-bond acceptors (Lipinski definition) is 5. The molecule has 0 aromatic carbocycles. The van der Waals surface area contributed by atoms with E-state index in [-0.39, 0.29) is 0 Å². The first-order valence-corrected chi connectivity index (χ1v) is 6.65. The number of aromatic nitrogens is 2. The van der Waals surface area contributed by atoms with Gasteiger partial charge < -0.3 is 10.2 Å². The van der Waals surface area contributed by atoms with Crippen LogP contribution in [0.2, 0.25) is 0 Å². The lowest BCUT2D eigenvalue weighted by molar-refractivity contribution is 0.657. The van der Waals surface area contributed by atoms with Crippen LogP contribution >= 0.6 is 11.3 Å². The monoisotopic (exact) mass is 248 g/mol. The van der Waals surface area contributed by atoms with E-state index in [1.54, 1.807) is 11.3 Å². The van der Waals surface area contributed by atoms with Crippen LogP contribution in [0.4, 0.5) is 5.82 Å². The average molecular weight is 248 g/mol. The SMILES string of the molecule is Cc1nc(N(C)C)c2c3c(sc2n1)CNCC3. The van der Waals surface area contributed by atoms with Gasteiger partial charge in [-0.05, 0) is 25.5 Å². The minimum absolute atomic E-state index is 0.854. The summed E-state index contributed by atoms with van der Waals surface area (Å²) >= 11 is 1.81. The molecule has 1 aliphatic heterocycles. The summed E-state index contributed by atoms with van der Waals surface area (Å²) in [6.07, 6.45) is 1.09. The van der Waals surface area contributed by atoms with Crippen LogP contribution in [0, 0.1) is 6.92 Å². The molecule has 4 nitrogen and oxygen atoms in total. The van der Waals surface area contributed by atoms with E-state index in [1.165, 1.54) is 15.8 Å². The molecule has 3 rings (SSSR count). The van der Waals surface area contributed by atoms with Gasteiger partial charge in [-0.3, -0.25) is 0 Å². The Morgan fingerprint density at radius 1 is 1.29 bits per heavy atom. The maximum atomic E-state index is 4.58. The third-order valence-corrected chi connectivity index (χ3v) is 4.21. The van der Waals surface area contributed by atoms with Crippen molar-refractivity contribution >= 4 is 27.4 Å². The number of fused-ring (bicyclic) bond motifs is 3. The Hall–Kier alpha value is -1.20. The van der Waals surface area contributed by atoms with Gasteiger partial charge in [0.1, 0.15) is 16.5 Å². The van der Waals surface area contributed by atoms with Crippen molar-refractivity contribution in [2.24, 2.45) is 0 Å². The summed E-state index contributed by atoms with van der Waals surface area (Å²) in [5.74, 6) is 1.92. The summed E-state index contributed by atoms with van der Waals surface area (Å²) in [5, 5.41) is 4.68. The highest BCUT2D eigenvalue weighted by Crippen LogP contribution is 2.36. The molecule has 0 radical (unpaired) electrons. The van der Waals surface area contributed by atoms with Crippen molar-refractivity contribution in [3.05, 3.63) is 16.3 Å². The molecule has 0 unspecified atom stereocenters. The molecule has 3 heterocycles. The molecule has 1 N–H and O–H groups in total. The first-order chi connectivity index (χ1) is 8.16. The number of nitrogens with one attached hydrogen (secondary N) is 1. The highest BCUT2D eigenvalue weighted by Gasteiger charge is 2.20. The first kappa shape index (κ1) is 10.9. The van der Waals surface area contributed by atoms with Crippen LogP contribution in [0.15, 0.2) is 0 Å². The first-order valence-electron chi connectivity index (χ1n) is 5.83. The van der Waals surface area contributed by atoms with Gasteiger partial charge in [0, 0.05) is 25.5 Å². The molecule has 2 aromatic heterocycles. The van der Waals surface area contributed by atoms with Gasteiger partial charge in [0.25, 0.3) is 0 Å². The Kier molecular flexibility index (Phi) is 2.52. The van der Waals surface area contributed by atoms with Gasteiger partial charge in [0.2, 0.25) is 0 Å². The fourth-order valence-corrected chi connectivity index (χ4v) is 3.56. The highest BCUT2D eigenvalue weighted by molar-refractivity contribution is 7.19. The smallest absolute Gasteiger partial charge is 0.140 e. The highest BCUT2D eigenvalue weighted by atomic mass is 32.1. The van der Waals surface area contributed by atoms with Crippen molar-refractivity contribution in [1.29, 1.82) is 0 Å². The zero-order chi connectivity index (χ0) is 12.0. The molecule has 90 valence electrons. The molecule has 0 atom stereocenters. The normalized spacial score (nSPS) is 15.0. The summed E-state index contributed by atoms with van der Waals surface area (Å²) in [6, 6.07) is 0. The number of aryl methyl sites for hydroxylation is 1. The number of anilines is 1. The molecule has 0 saturated heterocycles. The number of nitrogens with zero attached hydrogens (tertiary/aromatic N) is 3. The van der Waals surface area contributed by atoms with E-state index < -0.39 is 0 Å². The van der Waals surface area contributed by atoms with E-state index in [4.69, 9.17) is 0 Å². The largest absolute Gasteiger partial charge is 0.362 e. The molecule has 0 aliphatic carbocycles. The van der Waals surface area contributed by atoms with E-state index >= 15 is 0 Å². The van der Waals surface area contributed by atoms with Crippen molar-refractivity contribution < 1.29 is 0 Å². The second-order valence-electron chi connectivity index (χ2n) is 4.60. The lowest BCUT2D eigenvalue weighted by Gasteiger charge is -2.16. The van der Waals surface area contributed by atoms with Gasteiger partial charge in [-0.2, -0.15) is 0 Å². The molecular weight excluding hydrogens is 232 g/mol. The van der Waals surface area contributed by atoms with Crippen LogP contribution in [-0.4, -0.2) is 30.6 Å². The molecule has 17 heavy (non-hydrogen) atoms. The maximum absolute atomic E-state index is 4.58. The summed E-state index contributed by atoms with van der Waals surface area (Å²) in [7, 11) is 4.10.